The largest absolute Gasteiger partial charge is 0.486 e. The number of rotatable bonds is 8. The number of hydrogen-bond donors (Lipinski definition) is 3. The number of pyridine rings is 1. The lowest BCUT2D eigenvalue weighted by molar-refractivity contribution is 0.0996. The van der Waals surface area contributed by atoms with Crippen molar-refractivity contribution in [2.75, 3.05) is 11.6 Å². The number of nitrogens with one attached hydrogen (secondary N) is 2. The van der Waals surface area contributed by atoms with Crippen LogP contribution in [0.3, 0.4) is 0 Å². The van der Waals surface area contributed by atoms with Gasteiger partial charge in [-0.05, 0) is 36.8 Å². The molecule has 0 aliphatic heterocycles. The van der Waals surface area contributed by atoms with Crippen LogP contribution in [0.4, 0.5) is 5.69 Å². The molecule has 10 nitrogen and oxygen atoms in total. The summed E-state index contributed by atoms with van der Waals surface area (Å²) >= 11 is 0. The molecule has 0 saturated carbocycles. The highest BCUT2D eigenvalue weighted by molar-refractivity contribution is 7.90. The van der Waals surface area contributed by atoms with Gasteiger partial charge in [0, 0.05) is 12.5 Å². The summed E-state index contributed by atoms with van der Waals surface area (Å²) in [6.07, 6.45) is 3.07. The molecule has 31 heavy (non-hydrogen) atoms. The molecule has 2 aromatic heterocycles. The van der Waals surface area contributed by atoms with Gasteiger partial charge in [0.2, 0.25) is 0 Å². The zero-order valence-electron chi connectivity index (χ0n) is 16.9. The van der Waals surface area contributed by atoms with E-state index in [1.165, 1.54) is 18.2 Å². The molecular formula is C20H21N5O5S. The van der Waals surface area contributed by atoms with E-state index in [0.717, 1.165) is 6.26 Å². The number of ether oxygens (including phenoxy) is 1. The molecule has 4 N–H and O–H groups in total. The molecule has 0 bridgehead atoms. The van der Waals surface area contributed by atoms with Crippen LogP contribution >= 0.6 is 0 Å². The predicted octanol–water partition coefficient (Wildman–Crippen LogP) is 1.70. The molecule has 3 rings (SSSR count). The summed E-state index contributed by atoms with van der Waals surface area (Å²) in [5, 5.41) is 9.09. The van der Waals surface area contributed by atoms with E-state index in [1.807, 2.05) is 0 Å². The average molecular weight is 443 g/mol. The summed E-state index contributed by atoms with van der Waals surface area (Å²) in [5.74, 6) is -1.32. The normalized spacial score (nSPS) is 11.2. The van der Waals surface area contributed by atoms with Gasteiger partial charge in [-0.15, -0.1) is 0 Å². The topological polar surface area (TPSA) is 157 Å². The zero-order valence-corrected chi connectivity index (χ0v) is 17.7. The van der Waals surface area contributed by atoms with Crippen LogP contribution in [0.5, 0.6) is 5.75 Å². The van der Waals surface area contributed by atoms with E-state index in [1.54, 1.807) is 31.3 Å². The second-order valence-corrected chi connectivity index (χ2v) is 8.65. The number of anilines is 1. The van der Waals surface area contributed by atoms with Crippen molar-refractivity contribution in [2.24, 2.45) is 5.73 Å². The summed E-state index contributed by atoms with van der Waals surface area (Å²) in [6, 6.07) is 9.28. The van der Waals surface area contributed by atoms with Crippen molar-refractivity contribution in [3.05, 3.63) is 65.2 Å². The number of aromatic nitrogens is 3. The highest BCUT2D eigenvalue weighted by Crippen LogP contribution is 2.26. The number of primary amides is 1. The first-order chi connectivity index (χ1) is 14.7. The van der Waals surface area contributed by atoms with E-state index in [0.29, 0.717) is 17.8 Å². The Morgan fingerprint density at radius 3 is 2.61 bits per heavy atom. The molecule has 11 heteroatoms. The van der Waals surface area contributed by atoms with Crippen LogP contribution in [0.15, 0.2) is 47.5 Å². The lowest BCUT2D eigenvalue weighted by Gasteiger charge is -2.13. The first kappa shape index (κ1) is 22.0. The first-order valence-electron chi connectivity index (χ1n) is 9.26. The van der Waals surface area contributed by atoms with E-state index in [9.17, 15) is 18.0 Å². The maximum atomic E-state index is 13.1. The van der Waals surface area contributed by atoms with Crippen molar-refractivity contribution in [2.45, 2.75) is 24.8 Å². The number of carbonyl (C=O) groups excluding carboxylic acids is 2. The van der Waals surface area contributed by atoms with E-state index in [4.69, 9.17) is 10.5 Å². The summed E-state index contributed by atoms with van der Waals surface area (Å²) in [6.45, 7) is 1.86. The van der Waals surface area contributed by atoms with Crippen molar-refractivity contribution < 1.29 is 22.7 Å². The number of nitrogens with zero attached hydrogens (tertiary/aromatic N) is 2. The van der Waals surface area contributed by atoms with Gasteiger partial charge < -0.3 is 15.8 Å². The standard InChI is InChI=1S/C20H21N5O5S/c1-3-15-17(18(19(21)26)25-24-15)23-20(27)14-10-13(31(2,28)29)7-8-16(14)30-11-12-6-4-5-9-22-12/h4-10H,3,11H2,1-2H3,(H2,21,26)(H,23,27)(H,24,25). The SMILES string of the molecule is CCc1n[nH]c(C(N)=O)c1NC(=O)c1cc(S(C)(=O)=O)ccc1OCc1ccccn1. The summed E-state index contributed by atoms with van der Waals surface area (Å²) in [5.41, 5.74) is 6.46. The Kier molecular flexibility index (Phi) is 6.35. The molecule has 0 radical (unpaired) electrons. The Balaban J connectivity index is 1.98. The Morgan fingerprint density at radius 1 is 1.23 bits per heavy atom. The Labute approximate surface area is 178 Å². The van der Waals surface area contributed by atoms with Crippen LogP contribution in [0, 0.1) is 0 Å². The quantitative estimate of drug-likeness (QED) is 0.478. The first-order valence-corrected chi connectivity index (χ1v) is 11.1. The second kappa shape index (κ2) is 8.96. The molecular weight excluding hydrogens is 422 g/mol. The number of carbonyl (C=O) groups is 2. The van der Waals surface area contributed by atoms with Crippen molar-refractivity contribution in [3.63, 3.8) is 0 Å². The number of aromatic amines is 1. The highest BCUT2D eigenvalue weighted by atomic mass is 32.2. The van der Waals surface area contributed by atoms with Gasteiger partial charge in [0.15, 0.2) is 9.84 Å². The molecule has 0 aliphatic rings. The minimum absolute atomic E-state index is 0.0301. The van der Waals surface area contributed by atoms with E-state index in [-0.39, 0.29) is 34.2 Å². The van der Waals surface area contributed by atoms with E-state index < -0.39 is 21.7 Å². The molecule has 0 saturated heterocycles. The predicted molar refractivity (Wildman–Crippen MR) is 113 cm³/mol. The third-order valence-electron chi connectivity index (χ3n) is 4.39. The number of nitrogens with two attached hydrogens (primary N) is 1. The highest BCUT2D eigenvalue weighted by Gasteiger charge is 2.22. The zero-order chi connectivity index (χ0) is 22.6. The van der Waals surface area contributed by atoms with Crippen molar-refractivity contribution in [1.29, 1.82) is 0 Å². The molecule has 0 spiro atoms. The van der Waals surface area contributed by atoms with Crippen molar-refractivity contribution in [1.82, 2.24) is 15.2 Å². The Morgan fingerprint density at radius 2 is 2.00 bits per heavy atom. The second-order valence-electron chi connectivity index (χ2n) is 6.63. The summed E-state index contributed by atoms with van der Waals surface area (Å²) in [4.78, 5) is 28.8. The monoisotopic (exact) mass is 443 g/mol. The van der Waals surface area contributed by atoms with Gasteiger partial charge in [-0.25, -0.2) is 8.42 Å². The fourth-order valence-corrected chi connectivity index (χ4v) is 3.45. The average Bonchev–Trinajstić information content (AvgIpc) is 3.15. The molecule has 0 unspecified atom stereocenters. The third kappa shape index (κ3) is 5.07. The Bertz CT molecular complexity index is 1220. The van der Waals surface area contributed by atoms with Crippen LogP contribution in [-0.2, 0) is 22.9 Å². The van der Waals surface area contributed by atoms with Crippen molar-refractivity contribution in [3.8, 4) is 5.75 Å². The maximum absolute atomic E-state index is 13.1. The number of benzene rings is 1. The van der Waals surface area contributed by atoms with Gasteiger partial charge in [0.05, 0.1) is 27.5 Å². The molecule has 1 aromatic carbocycles. The van der Waals surface area contributed by atoms with Crippen LogP contribution < -0.4 is 15.8 Å². The molecule has 162 valence electrons. The fourth-order valence-electron chi connectivity index (χ4n) is 2.81. The number of hydrogen-bond acceptors (Lipinski definition) is 7. The molecule has 3 aromatic rings. The van der Waals surface area contributed by atoms with Gasteiger partial charge >= 0.3 is 0 Å². The van der Waals surface area contributed by atoms with E-state index >= 15 is 0 Å². The Hall–Kier alpha value is -3.73. The number of aryl methyl sites for hydroxylation is 1. The van der Waals surface area contributed by atoms with Crippen LogP contribution in [-0.4, -0.2) is 41.7 Å². The minimum Gasteiger partial charge on any atom is -0.486 e. The molecule has 2 heterocycles. The van der Waals surface area contributed by atoms with Crippen LogP contribution in [0.25, 0.3) is 0 Å². The summed E-state index contributed by atoms with van der Waals surface area (Å²) in [7, 11) is -3.58. The maximum Gasteiger partial charge on any atom is 0.268 e. The van der Waals surface area contributed by atoms with Gasteiger partial charge in [-0.2, -0.15) is 5.10 Å². The van der Waals surface area contributed by atoms with E-state index in [2.05, 4.69) is 20.5 Å². The number of H-pyrrole nitrogens is 1. The third-order valence-corrected chi connectivity index (χ3v) is 5.50. The molecule has 0 fully saturated rings. The lowest BCUT2D eigenvalue weighted by Crippen LogP contribution is -2.19. The number of sulfone groups is 1. The van der Waals surface area contributed by atoms with Gasteiger partial charge in [-0.1, -0.05) is 13.0 Å². The van der Waals surface area contributed by atoms with Crippen LogP contribution in [0.2, 0.25) is 0 Å². The molecule has 0 aliphatic carbocycles. The lowest BCUT2D eigenvalue weighted by atomic mass is 10.1. The van der Waals surface area contributed by atoms with Gasteiger partial charge in [-0.3, -0.25) is 19.7 Å². The van der Waals surface area contributed by atoms with Gasteiger partial charge in [0.25, 0.3) is 11.8 Å². The smallest absolute Gasteiger partial charge is 0.268 e. The van der Waals surface area contributed by atoms with Crippen LogP contribution in [0.1, 0.15) is 39.2 Å². The molecule has 0 atom stereocenters. The minimum atomic E-state index is -3.58. The van der Waals surface area contributed by atoms with Crippen molar-refractivity contribution >= 4 is 27.3 Å². The summed E-state index contributed by atoms with van der Waals surface area (Å²) < 4.78 is 29.7. The van der Waals surface area contributed by atoms with Gasteiger partial charge in [0.1, 0.15) is 18.1 Å². The molecule has 2 amide bonds. The fraction of sp³-hybridized carbons (Fsp3) is 0.200. The number of amides is 2.